The molecule has 71 heavy (non-hydrogen) atoms. The van der Waals surface area contributed by atoms with Gasteiger partial charge >= 0.3 is 18.2 Å². The average molecular weight is 988 g/mol. The van der Waals surface area contributed by atoms with Gasteiger partial charge in [0.25, 0.3) is 0 Å². The van der Waals surface area contributed by atoms with E-state index in [0.717, 1.165) is 56.2 Å². The van der Waals surface area contributed by atoms with Crippen LogP contribution in [-0.4, -0.2) is 132 Å². The van der Waals surface area contributed by atoms with Gasteiger partial charge in [0.15, 0.2) is 0 Å². The van der Waals surface area contributed by atoms with Crippen LogP contribution in [0.15, 0.2) is 60.7 Å². The summed E-state index contributed by atoms with van der Waals surface area (Å²) in [5.41, 5.74) is 0.135. The average Bonchev–Trinajstić information content (AvgIpc) is 3.78. The minimum atomic E-state index is -1.16. The normalized spacial score (nSPS) is 18.8. The Labute approximate surface area is 421 Å². The smallest absolute Gasteiger partial charge is 0.408 e. The molecule has 17 nitrogen and oxygen atoms in total. The summed E-state index contributed by atoms with van der Waals surface area (Å²) < 4.78 is 16.0. The van der Waals surface area contributed by atoms with Crippen molar-refractivity contribution < 1.29 is 47.8 Å². The van der Waals surface area contributed by atoms with E-state index in [9.17, 15) is 33.6 Å². The van der Waals surface area contributed by atoms with Crippen LogP contribution in [-0.2, 0) is 51.0 Å². The quantitative estimate of drug-likeness (QED) is 0.0559. The molecule has 392 valence electrons. The summed E-state index contributed by atoms with van der Waals surface area (Å²) in [5.74, 6) is -2.19. The maximum atomic E-state index is 14.5. The van der Waals surface area contributed by atoms with Crippen LogP contribution >= 0.6 is 0 Å². The van der Waals surface area contributed by atoms with Crippen LogP contribution in [0.2, 0.25) is 0 Å². The minimum absolute atomic E-state index is 0.0531. The molecule has 3 aliphatic rings. The molecule has 2 aromatic rings. The van der Waals surface area contributed by atoms with Crippen LogP contribution in [0.1, 0.15) is 131 Å². The molecule has 3 fully saturated rings. The third-order valence-corrected chi connectivity index (χ3v) is 13.5. The fraction of sp³-hybridized carbons (Fsp3) is 0.648. The summed E-state index contributed by atoms with van der Waals surface area (Å²) in [6.07, 6.45) is 5.74. The lowest BCUT2D eigenvalue weighted by molar-refractivity contribution is -0.150. The van der Waals surface area contributed by atoms with Gasteiger partial charge < -0.3 is 45.7 Å². The predicted molar refractivity (Wildman–Crippen MR) is 270 cm³/mol. The van der Waals surface area contributed by atoms with Crippen molar-refractivity contribution in [3.63, 3.8) is 0 Å². The van der Waals surface area contributed by atoms with Crippen LogP contribution in [0.4, 0.5) is 9.59 Å². The van der Waals surface area contributed by atoms with E-state index in [1.54, 1.807) is 41.5 Å². The lowest BCUT2D eigenvalue weighted by atomic mass is 9.60. The standard InChI is InChI=1S/C54H81N7O10/c1-36(2)31-41(57-46(63)42(32-37-19-12-10-13-20-37)58-47(64)43(33-38-21-14-11-15-22-38)59-51(68)71-53(6,7)8)45(62)56-40(23-16-17-27-55-50(67)70-52(3,4)5)48(65)60-29-25-54(26-30-60)34-39(35-54)61-28-18-24-44(61)49(66)69-9/h10-15,19-22,36,39-44H,16-18,23-35H2,1-9H3,(H,55,67)(H,56,62)(H,57,63)(H,58,64)(H,59,68)/t40-,41-,42-,43-,44-/m1/s1. The molecular formula is C54H81N7O10. The largest absolute Gasteiger partial charge is 0.468 e. The zero-order valence-corrected chi connectivity index (χ0v) is 43.6. The molecule has 2 heterocycles. The van der Waals surface area contributed by atoms with Gasteiger partial charge in [0.1, 0.15) is 41.4 Å². The summed E-state index contributed by atoms with van der Waals surface area (Å²) in [5, 5.41) is 14.3. The molecule has 5 rings (SSSR count). The Morgan fingerprint density at radius 2 is 1.17 bits per heavy atom. The molecule has 0 aromatic heterocycles. The Bertz CT molecular complexity index is 2090. The van der Waals surface area contributed by atoms with Gasteiger partial charge in [-0.1, -0.05) is 74.5 Å². The first-order valence-electron chi connectivity index (χ1n) is 25.6. The topological polar surface area (TPSA) is 214 Å². The number of nitrogens with one attached hydrogen (secondary N) is 5. The van der Waals surface area contributed by atoms with E-state index >= 15 is 0 Å². The van der Waals surface area contributed by atoms with Crippen molar-refractivity contribution in [1.82, 2.24) is 36.4 Å². The molecule has 2 aliphatic heterocycles. The Balaban J connectivity index is 1.30. The number of esters is 1. The molecule has 17 heteroatoms. The molecule has 2 aromatic carbocycles. The summed E-state index contributed by atoms with van der Waals surface area (Å²) in [4.78, 5) is 99.8. The summed E-state index contributed by atoms with van der Waals surface area (Å²) in [6, 6.07) is 14.2. The molecule has 2 saturated heterocycles. The lowest BCUT2D eigenvalue weighted by Crippen LogP contribution is -2.60. The van der Waals surface area contributed by atoms with Gasteiger partial charge in [-0.3, -0.25) is 28.9 Å². The first-order chi connectivity index (χ1) is 33.5. The van der Waals surface area contributed by atoms with E-state index in [4.69, 9.17) is 14.2 Å². The van der Waals surface area contributed by atoms with E-state index in [0.29, 0.717) is 38.5 Å². The number of hydrogen-bond acceptors (Lipinski definition) is 11. The Hall–Kier alpha value is -5.71. The van der Waals surface area contributed by atoms with Crippen molar-refractivity contribution in [2.75, 3.05) is 33.3 Å². The van der Waals surface area contributed by atoms with Crippen molar-refractivity contribution in [3.05, 3.63) is 71.8 Å². The number of amides is 6. The fourth-order valence-electron chi connectivity index (χ4n) is 9.94. The molecule has 1 saturated carbocycles. The van der Waals surface area contributed by atoms with E-state index in [1.807, 2.05) is 79.4 Å². The number of ether oxygens (including phenoxy) is 3. The van der Waals surface area contributed by atoms with Gasteiger partial charge in [0.05, 0.1) is 7.11 Å². The maximum absolute atomic E-state index is 14.5. The SMILES string of the molecule is COC(=O)[C@H]1CCCN1C1CC2(CCN(C(=O)[C@@H](CCCCNC(=O)OC(C)(C)C)NC(=O)[C@@H](CC(C)C)NC(=O)[C@@H](Cc3ccccc3)NC(=O)[C@@H](Cc3ccccc3)NC(=O)OC(C)(C)C)CC2)C1. The van der Waals surface area contributed by atoms with E-state index in [2.05, 4.69) is 31.5 Å². The first kappa shape index (κ1) is 56.2. The molecule has 5 atom stereocenters. The number of unbranched alkanes of at least 4 members (excludes halogenated alkanes) is 1. The number of likely N-dealkylation sites (tertiary alicyclic amines) is 2. The third-order valence-electron chi connectivity index (χ3n) is 13.5. The van der Waals surface area contributed by atoms with E-state index in [-0.39, 0.29) is 54.9 Å². The van der Waals surface area contributed by atoms with Crippen molar-refractivity contribution in [2.24, 2.45) is 11.3 Å². The van der Waals surface area contributed by atoms with Crippen LogP contribution in [0.3, 0.4) is 0 Å². The van der Waals surface area contributed by atoms with Crippen molar-refractivity contribution in [3.8, 4) is 0 Å². The second kappa shape index (κ2) is 25.6. The molecular weight excluding hydrogens is 907 g/mol. The number of alkyl carbamates (subject to hydrolysis) is 2. The minimum Gasteiger partial charge on any atom is -0.468 e. The third kappa shape index (κ3) is 17.8. The first-order valence-corrected chi connectivity index (χ1v) is 25.6. The molecule has 5 N–H and O–H groups in total. The summed E-state index contributed by atoms with van der Waals surface area (Å²) in [7, 11) is 1.44. The van der Waals surface area contributed by atoms with Crippen molar-refractivity contribution >= 4 is 41.8 Å². The van der Waals surface area contributed by atoms with Crippen LogP contribution < -0.4 is 26.6 Å². The Morgan fingerprint density at radius 3 is 1.70 bits per heavy atom. The number of rotatable bonds is 21. The van der Waals surface area contributed by atoms with Crippen molar-refractivity contribution in [1.29, 1.82) is 0 Å². The van der Waals surface area contributed by atoms with Gasteiger partial charge in [-0.05, 0) is 135 Å². The molecule has 0 unspecified atom stereocenters. The number of carbonyl (C=O) groups excluding carboxylic acids is 7. The molecule has 0 radical (unpaired) electrons. The number of benzene rings is 2. The van der Waals surface area contributed by atoms with Crippen molar-refractivity contribution in [2.45, 2.75) is 180 Å². The Morgan fingerprint density at radius 1 is 0.662 bits per heavy atom. The molecule has 0 bridgehead atoms. The van der Waals surface area contributed by atoms with Crippen LogP contribution in [0, 0.1) is 11.3 Å². The van der Waals surface area contributed by atoms with Crippen LogP contribution in [0.5, 0.6) is 0 Å². The van der Waals surface area contributed by atoms with Gasteiger partial charge in [-0.15, -0.1) is 0 Å². The van der Waals surface area contributed by atoms with E-state index < -0.39 is 65.3 Å². The lowest BCUT2D eigenvalue weighted by Gasteiger charge is -2.55. The molecule has 6 amide bonds. The molecule has 1 aliphatic carbocycles. The monoisotopic (exact) mass is 988 g/mol. The molecule has 1 spiro atoms. The number of methoxy groups -OCH3 is 1. The highest BCUT2D eigenvalue weighted by Crippen LogP contribution is 2.52. The number of hydrogen-bond donors (Lipinski definition) is 5. The van der Waals surface area contributed by atoms with Gasteiger partial charge in [-0.2, -0.15) is 0 Å². The summed E-state index contributed by atoms with van der Waals surface area (Å²) in [6.45, 7) is 16.6. The second-order valence-corrected chi connectivity index (χ2v) is 22.1. The highest BCUT2D eigenvalue weighted by molar-refractivity contribution is 5.95. The highest BCUT2D eigenvalue weighted by Gasteiger charge is 2.51. The van der Waals surface area contributed by atoms with Gasteiger partial charge in [0.2, 0.25) is 23.6 Å². The second-order valence-electron chi connectivity index (χ2n) is 22.1. The van der Waals surface area contributed by atoms with E-state index in [1.165, 1.54) is 7.11 Å². The predicted octanol–water partition coefficient (Wildman–Crippen LogP) is 5.97. The van der Waals surface area contributed by atoms with Gasteiger partial charge in [-0.25, -0.2) is 9.59 Å². The van der Waals surface area contributed by atoms with Crippen LogP contribution in [0.25, 0.3) is 0 Å². The zero-order chi connectivity index (χ0) is 51.9. The number of carbonyl (C=O) groups is 7. The van der Waals surface area contributed by atoms with Gasteiger partial charge in [0, 0.05) is 38.5 Å². The fourth-order valence-corrected chi connectivity index (χ4v) is 9.94. The zero-order valence-electron chi connectivity index (χ0n) is 43.6. The number of nitrogens with zero attached hydrogens (tertiary/aromatic N) is 2. The number of piperidine rings is 1. The maximum Gasteiger partial charge on any atom is 0.408 e. The summed E-state index contributed by atoms with van der Waals surface area (Å²) >= 11 is 0. The highest BCUT2D eigenvalue weighted by atomic mass is 16.6. The Kier molecular flexibility index (Phi) is 20.3.